The summed E-state index contributed by atoms with van der Waals surface area (Å²) in [6, 6.07) is 6.96. The molecule has 0 unspecified atom stereocenters. The molecule has 0 spiro atoms. The van der Waals surface area contributed by atoms with Crippen LogP contribution in [0.1, 0.15) is 37.9 Å². The third-order valence-corrected chi connectivity index (χ3v) is 3.39. The number of phenolic OH excluding ortho intramolecular Hbond substituents is 1. The maximum absolute atomic E-state index is 10.2. The van der Waals surface area contributed by atoms with Crippen LogP contribution < -0.4 is 0 Å². The van der Waals surface area contributed by atoms with Crippen molar-refractivity contribution in [3.05, 3.63) is 29.8 Å². The van der Waals surface area contributed by atoms with Crippen molar-refractivity contribution in [3.8, 4) is 5.75 Å². The predicted octanol–water partition coefficient (Wildman–Crippen LogP) is 2.86. The van der Waals surface area contributed by atoms with Gasteiger partial charge in [-0.15, -0.1) is 0 Å². The molecule has 2 nitrogen and oxygen atoms in total. The zero-order valence-corrected chi connectivity index (χ0v) is 9.06. The summed E-state index contributed by atoms with van der Waals surface area (Å²) in [4.78, 5) is 0. The number of hydrogen-bond acceptors (Lipinski definition) is 2. The second kappa shape index (κ2) is 4.23. The van der Waals surface area contributed by atoms with Gasteiger partial charge in [0.2, 0.25) is 0 Å². The Morgan fingerprint density at radius 2 is 2.13 bits per heavy atom. The molecule has 2 heteroatoms. The fourth-order valence-corrected chi connectivity index (χ4v) is 2.52. The molecule has 1 aliphatic carbocycles. The summed E-state index contributed by atoms with van der Waals surface area (Å²) in [5, 5.41) is 19.5. The molecule has 0 saturated heterocycles. The smallest absolute Gasteiger partial charge is 0.115 e. The van der Waals surface area contributed by atoms with E-state index in [-0.39, 0.29) is 5.75 Å². The lowest BCUT2D eigenvalue weighted by Crippen LogP contribution is -2.09. The second-order valence-electron chi connectivity index (χ2n) is 4.72. The monoisotopic (exact) mass is 206 g/mol. The van der Waals surface area contributed by atoms with Crippen molar-refractivity contribution in [2.24, 2.45) is 11.8 Å². The van der Waals surface area contributed by atoms with Gasteiger partial charge in [0.15, 0.2) is 0 Å². The van der Waals surface area contributed by atoms with Gasteiger partial charge in [-0.1, -0.05) is 25.5 Å². The lowest BCUT2D eigenvalue weighted by atomic mass is 9.93. The van der Waals surface area contributed by atoms with Crippen molar-refractivity contribution in [2.45, 2.75) is 32.3 Å². The van der Waals surface area contributed by atoms with Crippen molar-refractivity contribution in [1.82, 2.24) is 0 Å². The number of aromatic hydroxyl groups is 1. The van der Waals surface area contributed by atoms with Gasteiger partial charge in [0, 0.05) is 0 Å². The van der Waals surface area contributed by atoms with Crippen LogP contribution in [0.4, 0.5) is 0 Å². The van der Waals surface area contributed by atoms with Crippen LogP contribution in [0.5, 0.6) is 5.75 Å². The number of aliphatic hydroxyl groups excluding tert-OH is 1. The quantitative estimate of drug-likeness (QED) is 0.781. The number of aliphatic hydroxyl groups is 1. The first kappa shape index (κ1) is 10.5. The molecular weight excluding hydrogens is 188 g/mol. The van der Waals surface area contributed by atoms with Gasteiger partial charge in [-0.2, -0.15) is 0 Å². The molecule has 1 saturated carbocycles. The highest BCUT2D eigenvalue weighted by atomic mass is 16.3. The zero-order chi connectivity index (χ0) is 10.8. The summed E-state index contributed by atoms with van der Waals surface area (Å²) in [7, 11) is 0. The molecule has 0 bridgehead atoms. The Hall–Kier alpha value is -1.02. The fraction of sp³-hybridized carbons (Fsp3) is 0.538. The highest BCUT2D eigenvalue weighted by molar-refractivity contribution is 5.29. The molecule has 1 aromatic rings. The van der Waals surface area contributed by atoms with Crippen LogP contribution in [0.15, 0.2) is 24.3 Å². The first-order valence-electron chi connectivity index (χ1n) is 5.64. The van der Waals surface area contributed by atoms with Crippen molar-refractivity contribution < 1.29 is 10.2 Å². The van der Waals surface area contributed by atoms with Crippen molar-refractivity contribution in [2.75, 3.05) is 0 Å². The first-order valence-corrected chi connectivity index (χ1v) is 5.64. The Bertz CT molecular complexity index is 335. The SMILES string of the molecule is C[C@@H]1CC[C@H]([C@H](O)c2cccc(O)c2)C1. The summed E-state index contributed by atoms with van der Waals surface area (Å²) in [6.07, 6.45) is 2.98. The van der Waals surface area contributed by atoms with E-state index in [0.717, 1.165) is 24.3 Å². The minimum atomic E-state index is -0.415. The normalized spacial score (nSPS) is 27.9. The third-order valence-electron chi connectivity index (χ3n) is 3.39. The summed E-state index contributed by atoms with van der Waals surface area (Å²) in [6.45, 7) is 2.23. The largest absolute Gasteiger partial charge is 0.508 e. The van der Waals surface area contributed by atoms with Crippen LogP contribution in [-0.2, 0) is 0 Å². The van der Waals surface area contributed by atoms with Gasteiger partial charge in [0.25, 0.3) is 0 Å². The molecule has 0 amide bonds. The molecule has 0 heterocycles. The Balaban J connectivity index is 2.10. The van der Waals surface area contributed by atoms with E-state index in [0.29, 0.717) is 5.92 Å². The Kier molecular flexibility index (Phi) is 2.96. The molecule has 15 heavy (non-hydrogen) atoms. The summed E-state index contributed by atoms with van der Waals surface area (Å²) >= 11 is 0. The summed E-state index contributed by atoms with van der Waals surface area (Å²) in [5.74, 6) is 1.32. The summed E-state index contributed by atoms with van der Waals surface area (Å²) < 4.78 is 0. The van der Waals surface area contributed by atoms with Crippen LogP contribution >= 0.6 is 0 Å². The molecule has 3 atom stereocenters. The van der Waals surface area contributed by atoms with Gasteiger partial charge >= 0.3 is 0 Å². The molecule has 0 radical (unpaired) electrons. The van der Waals surface area contributed by atoms with E-state index in [1.54, 1.807) is 18.2 Å². The first-order chi connectivity index (χ1) is 7.16. The molecule has 2 N–H and O–H groups in total. The highest BCUT2D eigenvalue weighted by Crippen LogP contribution is 2.39. The van der Waals surface area contributed by atoms with Crippen LogP contribution in [-0.4, -0.2) is 10.2 Å². The molecular formula is C13H18O2. The van der Waals surface area contributed by atoms with E-state index in [1.807, 2.05) is 6.07 Å². The average molecular weight is 206 g/mol. The Labute approximate surface area is 90.6 Å². The molecule has 82 valence electrons. The number of phenols is 1. The van der Waals surface area contributed by atoms with Gasteiger partial charge in [-0.3, -0.25) is 0 Å². The van der Waals surface area contributed by atoms with Crippen molar-refractivity contribution >= 4 is 0 Å². The molecule has 1 fully saturated rings. The van der Waals surface area contributed by atoms with Crippen LogP contribution in [0.2, 0.25) is 0 Å². The number of rotatable bonds is 2. The second-order valence-corrected chi connectivity index (χ2v) is 4.72. The van der Waals surface area contributed by atoms with E-state index < -0.39 is 6.10 Å². The topological polar surface area (TPSA) is 40.5 Å². The molecule has 1 aromatic carbocycles. The molecule has 2 rings (SSSR count). The van der Waals surface area contributed by atoms with E-state index in [9.17, 15) is 10.2 Å². The average Bonchev–Trinajstić information content (AvgIpc) is 2.64. The minimum absolute atomic E-state index is 0.234. The lowest BCUT2D eigenvalue weighted by Gasteiger charge is -2.18. The van der Waals surface area contributed by atoms with Crippen molar-refractivity contribution in [3.63, 3.8) is 0 Å². The maximum Gasteiger partial charge on any atom is 0.115 e. The van der Waals surface area contributed by atoms with Crippen LogP contribution in [0, 0.1) is 11.8 Å². The Morgan fingerprint density at radius 1 is 1.33 bits per heavy atom. The van der Waals surface area contributed by atoms with Crippen LogP contribution in [0.25, 0.3) is 0 Å². The molecule has 0 aromatic heterocycles. The fourth-order valence-electron chi connectivity index (χ4n) is 2.52. The van der Waals surface area contributed by atoms with Gasteiger partial charge in [-0.25, -0.2) is 0 Å². The maximum atomic E-state index is 10.2. The highest BCUT2D eigenvalue weighted by Gasteiger charge is 2.28. The minimum Gasteiger partial charge on any atom is -0.508 e. The van der Waals surface area contributed by atoms with Gasteiger partial charge in [0.05, 0.1) is 6.10 Å². The lowest BCUT2D eigenvalue weighted by molar-refractivity contribution is 0.109. The third kappa shape index (κ3) is 2.32. The van der Waals surface area contributed by atoms with E-state index in [1.165, 1.54) is 6.42 Å². The van der Waals surface area contributed by atoms with Gasteiger partial charge in [-0.05, 0) is 42.4 Å². The van der Waals surface area contributed by atoms with Crippen molar-refractivity contribution in [1.29, 1.82) is 0 Å². The van der Waals surface area contributed by atoms with E-state index in [4.69, 9.17) is 0 Å². The van der Waals surface area contributed by atoms with Crippen LogP contribution in [0.3, 0.4) is 0 Å². The van der Waals surface area contributed by atoms with E-state index >= 15 is 0 Å². The van der Waals surface area contributed by atoms with Gasteiger partial charge in [0.1, 0.15) is 5.75 Å². The van der Waals surface area contributed by atoms with E-state index in [2.05, 4.69) is 6.92 Å². The predicted molar refractivity (Wildman–Crippen MR) is 59.6 cm³/mol. The Morgan fingerprint density at radius 3 is 2.73 bits per heavy atom. The standard InChI is InChI=1S/C13H18O2/c1-9-5-6-11(7-9)13(15)10-3-2-4-12(14)8-10/h2-4,8-9,11,13-15H,5-7H2,1H3/t9-,11+,13-/m1/s1. The number of benzene rings is 1. The van der Waals surface area contributed by atoms with Gasteiger partial charge < -0.3 is 10.2 Å². The number of hydrogen-bond donors (Lipinski definition) is 2. The summed E-state index contributed by atoms with van der Waals surface area (Å²) in [5.41, 5.74) is 0.842. The molecule has 1 aliphatic rings. The molecule has 0 aliphatic heterocycles. The zero-order valence-electron chi connectivity index (χ0n) is 9.06.